The number of rotatable bonds is 3. The van der Waals surface area contributed by atoms with E-state index in [1.165, 1.54) is 18.2 Å². The molecule has 4 rings (SSSR count). The predicted molar refractivity (Wildman–Crippen MR) is 98.2 cm³/mol. The van der Waals surface area contributed by atoms with Gasteiger partial charge in [-0.1, -0.05) is 30.3 Å². The highest BCUT2D eigenvalue weighted by Gasteiger charge is 2.36. The number of anilines is 2. The molecule has 0 radical (unpaired) electrons. The molecule has 5 nitrogen and oxygen atoms in total. The summed E-state index contributed by atoms with van der Waals surface area (Å²) in [6, 6.07) is 14.7. The molecule has 0 aromatic heterocycles. The molecule has 1 amide bonds. The third-order valence-corrected chi connectivity index (χ3v) is 6.17. The summed E-state index contributed by atoms with van der Waals surface area (Å²) in [6.07, 6.45) is 0. The van der Waals surface area contributed by atoms with Gasteiger partial charge < -0.3 is 5.32 Å². The highest BCUT2D eigenvalue weighted by atomic mass is 32.2. The smallest absolute Gasteiger partial charge is 0.265 e. The summed E-state index contributed by atoms with van der Waals surface area (Å²) in [5.74, 6) is -1.17. The van der Waals surface area contributed by atoms with Crippen LogP contribution in [0.3, 0.4) is 0 Å². The maximum atomic E-state index is 13.9. The lowest BCUT2D eigenvalue weighted by molar-refractivity contribution is -0.114. The van der Waals surface area contributed by atoms with Gasteiger partial charge in [0.1, 0.15) is 12.4 Å². The predicted octanol–water partition coefficient (Wildman–Crippen LogP) is 3.43. The van der Waals surface area contributed by atoms with Gasteiger partial charge in [-0.2, -0.15) is 0 Å². The summed E-state index contributed by atoms with van der Waals surface area (Å²) >= 11 is 0. The van der Waals surface area contributed by atoms with Gasteiger partial charge in [0, 0.05) is 5.39 Å². The van der Waals surface area contributed by atoms with Gasteiger partial charge in [0.25, 0.3) is 10.0 Å². The van der Waals surface area contributed by atoms with E-state index in [0.717, 1.165) is 15.3 Å². The minimum atomic E-state index is -3.82. The largest absolute Gasteiger partial charge is 0.322 e. The molecule has 0 atom stereocenters. The quantitative estimate of drug-likeness (QED) is 0.768. The summed E-state index contributed by atoms with van der Waals surface area (Å²) in [6.45, 7) is 1.31. The second-order valence-corrected chi connectivity index (χ2v) is 8.01. The van der Waals surface area contributed by atoms with Crippen molar-refractivity contribution in [3.8, 4) is 0 Å². The summed E-state index contributed by atoms with van der Waals surface area (Å²) in [5, 5.41) is 3.83. The topological polar surface area (TPSA) is 66.5 Å². The van der Waals surface area contributed by atoms with Crippen LogP contribution in [0.15, 0.2) is 59.5 Å². The van der Waals surface area contributed by atoms with Crippen LogP contribution in [0.2, 0.25) is 0 Å². The molecule has 1 aliphatic heterocycles. The van der Waals surface area contributed by atoms with Crippen LogP contribution >= 0.6 is 0 Å². The Balaban J connectivity index is 1.67. The first-order valence-electron chi connectivity index (χ1n) is 7.98. The van der Waals surface area contributed by atoms with Crippen LogP contribution in [0.4, 0.5) is 15.8 Å². The van der Waals surface area contributed by atoms with Crippen molar-refractivity contribution in [2.75, 3.05) is 16.2 Å². The molecule has 0 saturated carbocycles. The van der Waals surface area contributed by atoms with Gasteiger partial charge in [-0.3, -0.25) is 9.10 Å². The Kier molecular flexibility index (Phi) is 3.69. The standard InChI is InChI=1S/C19H15FN2O3S/c1-12-8-9-15(14(20)10-12)21-18(23)11-22-16-6-2-4-13-5-3-7-17(19(13)16)26(22,24)25/h2-10H,11H2,1H3,(H,21,23). The third-order valence-electron chi connectivity index (χ3n) is 4.37. The van der Waals surface area contributed by atoms with Crippen LogP contribution in [-0.2, 0) is 14.8 Å². The molecule has 132 valence electrons. The molecule has 3 aromatic carbocycles. The van der Waals surface area contributed by atoms with Crippen LogP contribution in [0.25, 0.3) is 10.8 Å². The molecule has 0 unspecified atom stereocenters. The Morgan fingerprint density at radius 2 is 1.85 bits per heavy atom. The first-order chi connectivity index (χ1) is 12.4. The van der Waals surface area contributed by atoms with Crippen molar-refractivity contribution in [1.82, 2.24) is 0 Å². The van der Waals surface area contributed by atoms with Gasteiger partial charge in [0.2, 0.25) is 5.91 Å². The Labute approximate surface area is 150 Å². The third kappa shape index (κ3) is 2.52. The highest BCUT2D eigenvalue weighted by molar-refractivity contribution is 7.93. The van der Waals surface area contributed by atoms with Gasteiger partial charge in [-0.15, -0.1) is 0 Å². The van der Waals surface area contributed by atoms with E-state index in [1.807, 2.05) is 12.1 Å². The molecule has 1 N–H and O–H groups in total. The Morgan fingerprint density at radius 3 is 2.58 bits per heavy atom. The summed E-state index contributed by atoms with van der Waals surface area (Å²) in [7, 11) is -3.82. The average Bonchev–Trinajstić information content (AvgIpc) is 2.81. The van der Waals surface area contributed by atoms with Gasteiger partial charge in [0.15, 0.2) is 0 Å². The fourth-order valence-corrected chi connectivity index (χ4v) is 4.84. The van der Waals surface area contributed by atoms with Crippen LogP contribution in [0, 0.1) is 12.7 Å². The van der Waals surface area contributed by atoms with Crippen molar-refractivity contribution in [3.05, 3.63) is 66.0 Å². The van der Waals surface area contributed by atoms with Gasteiger partial charge >= 0.3 is 0 Å². The van der Waals surface area contributed by atoms with Crippen LogP contribution in [0.1, 0.15) is 5.56 Å². The maximum absolute atomic E-state index is 13.9. The fraction of sp³-hybridized carbons (Fsp3) is 0.105. The van der Waals surface area contributed by atoms with E-state index in [-0.39, 0.29) is 10.6 Å². The molecule has 1 aliphatic rings. The number of nitrogens with zero attached hydrogens (tertiary/aromatic N) is 1. The fourth-order valence-electron chi connectivity index (χ4n) is 3.17. The van der Waals surface area contributed by atoms with Crippen LogP contribution in [-0.4, -0.2) is 20.9 Å². The Morgan fingerprint density at radius 1 is 1.12 bits per heavy atom. The first-order valence-corrected chi connectivity index (χ1v) is 9.42. The SMILES string of the molecule is Cc1ccc(NC(=O)CN2c3cccc4cccc(c34)S2(=O)=O)c(F)c1. The van der Waals surface area contributed by atoms with E-state index in [4.69, 9.17) is 0 Å². The van der Waals surface area contributed by atoms with E-state index in [0.29, 0.717) is 11.1 Å². The maximum Gasteiger partial charge on any atom is 0.265 e. The van der Waals surface area contributed by atoms with Crippen molar-refractivity contribution >= 4 is 38.1 Å². The number of aryl methyl sites for hydroxylation is 1. The zero-order chi connectivity index (χ0) is 18.5. The number of carbonyl (C=O) groups is 1. The molecule has 1 heterocycles. The van der Waals surface area contributed by atoms with E-state index < -0.39 is 28.3 Å². The Bertz CT molecular complexity index is 1150. The lowest BCUT2D eigenvalue weighted by atomic mass is 10.1. The van der Waals surface area contributed by atoms with Gasteiger partial charge in [0.05, 0.1) is 16.3 Å². The summed E-state index contributed by atoms with van der Waals surface area (Å²) < 4.78 is 40.7. The summed E-state index contributed by atoms with van der Waals surface area (Å²) in [5.41, 5.74) is 1.20. The van der Waals surface area contributed by atoms with Crippen molar-refractivity contribution in [3.63, 3.8) is 0 Å². The molecule has 3 aromatic rings. The Hall–Kier alpha value is -2.93. The minimum Gasteiger partial charge on any atom is -0.322 e. The number of carbonyl (C=O) groups excluding carboxylic acids is 1. The van der Waals surface area contributed by atoms with Crippen molar-refractivity contribution < 1.29 is 17.6 Å². The van der Waals surface area contributed by atoms with Gasteiger partial charge in [-0.05, 0) is 42.1 Å². The zero-order valence-corrected chi connectivity index (χ0v) is 14.7. The second-order valence-electron chi connectivity index (χ2n) is 6.17. The monoisotopic (exact) mass is 370 g/mol. The zero-order valence-electron chi connectivity index (χ0n) is 13.9. The molecule has 26 heavy (non-hydrogen) atoms. The number of nitrogens with one attached hydrogen (secondary N) is 1. The molecular formula is C19H15FN2O3S. The number of amides is 1. The van der Waals surface area contributed by atoms with Crippen LogP contribution in [0.5, 0.6) is 0 Å². The molecule has 7 heteroatoms. The van der Waals surface area contributed by atoms with E-state index in [9.17, 15) is 17.6 Å². The number of hydrogen-bond donors (Lipinski definition) is 1. The molecule has 0 aliphatic carbocycles. The van der Waals surface area contributed by atoms with E-state index in [1.54, 1.807) is 31.2 Å². The minimum absolute atomic E-state index is 0.0212. The number of hydrogen-bond acceptors (Lipinski definition) is 3. The molecule has 0 fully saturated rings. The number of benzene rings is 3. The molecule has 0 spiro atoms. The summed E-state index contributed by atoms with van der Waals surface area (Å²) in [4.78, 5) is 12.6. The lowest BCUT2D eigenvalue weighted by Gasteiger charge is -2.18. The van der Waals surface area contributed by atoms with Crippen molar-refractivity contribution in [2.24, 2.45) is 0 Å². The first kappa shape index (κ1) is 16.5. The average molecular weight is 370 g/mol. The van der Waals surface area contributed by atoms with Gasteiger partial charge in [-0.25, -0.2) is 12.8 Å². The highest BCUT2D eigenvalue weighted by Crippen LogP contribution is 2.41. The second kappa shape index (κ2) is 5.81. The number of halogens is 1. The van der Waals surface area contributed by atoms with E-state index in [2.05, 4.69) is 5.32 Å². The van der Waals surface area contributed by atoms with Crippen molar-refractivity contribution in [2.45, 2.75) is 11.8 Å². The van der Waals surface area contributed by atoms with E-state index >= 15 is 0 Å². The van der Waals surface area contributed by atoms with Crippen molar-refractivity contribution in [1.29, 1.82) is 0 Å². The molecular weight excluding hydrogens is 355 g/mol. The molecule has 0 bridgehead atoms. The number of sulfonamides is 1. The molecule has 0 saturated heterocycles. The normalized spacial score (nSPS) is 14.6. The lowest BCUT2D eigenvalue weighted by Crippen LogP contribution is -2.35. The van der Waals surface area contributed by atoms with Crippen LogP contribution < -0.4 is 9.62 Å².